The molecule has 0 saturated carbocycles. The van der Waals surface area contributed by atoms with E-state index >= 15 is 0 Å². The molecular weight excluding hydrogens is 445 g/mol. The molecule has 2 aromatic carbocycles. The maximum Gasteiger partial charge on any atom is 0.138 e. The predicted octanol–water partition coefficient (Wildman–Crippen LogP) is 5.47. The zero-order valence-corrected chi connectivity index (χ0v) is 19.4. The van der Waals surface area contributed by atoms with E-state index in [-0.39, 0.29) is 12.2 Å². The molecule has 2 heterocycles. The molecule has 2 aliphatic heterocycles. The van der Waals surface area contributed by atoms with Crippen LogP contribution in [0.5, 0.6) is 11.5 Å². The van der Waals surface area contributed by atoms with Crippen molar-refractivity contribution < 1.29 is 14.6 Å². The number of aliphatic hydroxyl groups is 1. The summed E-state index contributed by atoms with van der Waals surface area (Å²) in [5, 5.41) is 12.4. The lowest BCUT2D eigenvalue weighted by atomic mass is 9.87. The fourth-order valence-electron chi connectivity index (χ4n) is 4.37. The molecule has 4 rings (SSSR count). The van der Waals surface area contributed by atoms with Gasteiger partial charge in [0.2, 0.25) is 0 Å². The molecule has 30 heavy (non-hydrogen) atoms. The van der Waals surface area contributed by atoms with Crippen LogP contribution in [0, 0.1) is 13.8 Å². The van der Waals surface area contributed by atoms with Crippen molar-refractivity contribution in [2.45, 2.75) is 44.8 Å². The van der Waals surface area contributed by atoms with E-state index in [1.54, 1.807) is 0 Å². The van der Waals surface area contributed by atoms with Gasteiger partial charge >= 0.3 is 0 Å². The minimum absolute atomic E-state index is 0.142. The Kier molecular flexibility index (Phi) is 6.43. The molecule has 1 atom stereocenters. The normalized spacial score (nSPS) is 18.9. The van der Waals surface area contributed by atoms with E-state index in [0.29, 0.717) is 22.3 Å². The standard InChI is InChI=1S/C23H26Cl3NO3/c1-14-9-20(22(26)15(2)21(14)25)29-13-18(28)12-27-7-5-23(6-8-27)11-16-10-17(24)3-4-19(16)30-23/h3-4,9-10,18,28H,5-8,11-13H2,1-2H3/t18-/m0/s1. The van der Waals surface area contributed by atoms with E-state index in [1.807, 2.05) is 38.1 Å². The highest BCUT2D eigenvalue weighted by atomic mass is 35.5. The Bertz CT molecular complexity index is 942. The van der Waals surface area contributed by atoms with E-state index in [1.165, 1.54) is 5.56 Å². The van der Waals surface area contributed by atoms with Gasteiger partial charge in [0.15, 0.2) is 0 Å². The van der Waals surface area contributed by atoms with Crippen molar-refractivity contribution in [3.05, 3.63) is 56.0 Å². The number of fused-ring (bicyclic) bond motifs is 1. The summed E-state index contributed by atoms with van der Waals surface area (Å²) in [6.07, 6.45) is 2.14. The summed E-state index contributed by atoms with van der Waals surface area (Å²) in [7, 11) is 0. The van der Waals surface area contributed by atoms with Crippen LogP contribution >= 0.6 is 34.8 Å². The number of nitrogens with zero attached hydrogens (tertiary/aromatic N) is 1. The third-order valence-electron chi connectivity index (χ3n) is 6.10. The minimum Gasteiger partial charge on any atom is -0.489 e. The summed E-state index contributed by atoms with van der Waals surface area (Å²) in [6, 6.07) is 7.66. The largest absolute Gasteiger partial charge is 0.489 e. The number of hydrogen-bond acceptors (Lipinski definition) is 4. The predicted molar refractivity (Wildman–Crippen MR) is 122 cm³/mol. The molecule has 0 amide bonds. The van der Waals surface area contributed by atoms with Crippen molar-refractivity contribution in [2.24, 2.45) is 0 Å². The van der Waals surface area contributed by atoms with Crippen LogP contribution in [0.2, 0.25) is 15.1 Å². The minimum atomic E-state index is -0.605. The second kappa shape index (κ2) is 8.76. The Labute approximate surface area is 192 Å². The van der Waals surface area contributed by atoms with Gasteiger partial charge in [-0.15, -0.1) is 0 Å². The Hall–Kier alpha value is -1.17. The lowest BCUT2D eigenvalue weighted by Gasteiger charge is -2.39. The average molecular weight is 471 g/mol. The van der Waals surface area contributed by atoms with Crippen molar-refractivity contribution in [1.29, 1.82) is 0 Å². The first-order chi connectivity index (χ1) is 14.3. The van der Waals surface area contributed by atoms with Crippen molar-refractivity contribution in [1.82, 2.24) is 4.90 Å². The molecule has 0 radical (unpaired) electrons. The van der Waals surface area contributed by atoms with Crippen LogP contribution in [0.3, 0.4) is 0 Å². The van der Waals surface area contributed by atoms with Crippen LogP contribution in [0.4, 0.5) is 0 Å². The maximum atomic E-state index is 10.5. The second-order valence-corrected chi connectivity index (χ2v) is 9.62. The van der Waals surface area contributed by atoms with Crippen LogP contribution in [0.25, 0.3) is 0 Å². The topological polar surface area (TPSA) is 41.9 Å². The van der Waals surface area contributed by atoms with E-state index in [4.69, 9.17) is 44.3 Å². The van der Waals surface area contributed by atoms with Gasteiger partial charge in [0, 0.05) is 48.9 Å². The van der Waals surface area contributed by atoms with Crippen LogP contribution in [0.1, 0.15) is 29.5 Å². The van der Waals surface area contributed by atoms with Crippen molar-refractivity contribution >= 4 is 34.8 Å². The van der Waals surface area contributed by atoms with E-state index < -0.39 is 6.10 Å². The van der Waals surface area contributed by atoms with Crippen LogP contribution in [-0.4, -0.2) is 48.0 Å². The first-order valence-corrected chi connectivity index (χ1v) is 11.4. The summed E-state index contributed by atoms with van der Waals surface area (Å²) in [4.78, 5) is 2.26. The number of hydrogen-bond donors (Lipinski definition) is 1. The highest BCUT2D eigenvalue weighted by Crippen LogP contribution is 2.42. The SMILES string of the molecule is Cc1cc(OC[C@@H](O)CN2CCC3(CC2)Cc2cc(Cl)ccc2O3)c(Cl)c(C)c1Cl. The zero-order chi connectivity index (χ0) is 21.5. The van der Waals surface area contributed by atoms with Crippen LogP contribution in [0.15, 0.2) is 24.3 Å². The molecule has 4 nitrogen and oxygen atoms in total. The summed E-state index contributed by atoms with van der Waals surface area (Å²) in [5.41, 5.74) is 2.75. The maximum absolute atomic E-state index is 10.5. The van der Waals surface area contributed by atoms with Crippen molar-refractivity contribution in [3.8, 4) is 11.5 Å². The molecule has 0 unspecified atom stereocenters. The zero-order valence-electron chi connectivity index (χ0n) is 17.2. The highest BCUT2D eigenvalue weighted by Gasteiger charge is 2.42. The number of β-amino-alcohol motifs (C(OH)–C–C–N with tert-alkyl or cyclic N) is 1. The van der Waals surface area contributed by atoms with Gasteiger partial charge in [-0.05, 0) is 54.8 Å². The fourth-order valence-corrected chi connectivity index (χ4v) is 4.96. The number of piperidine rings is 1. The Morgan fingerprint density at radius 2 is 1.87 bits per heavy atom. The number of aliphatic hydroxyl groups excluding tert-OH is 1. The molecule has 1 N–H and O–H groups in total. The lowest BCUT2D eigenvalue weighted by molar-refractivity contribution is -0.00195. The molecule has 0 aliphatic carbocycles. The van der Waals surface area contributed by atoms with E-state index in [0.717, 1.165) is 54.3 Å². The van der Waals surface area contributed by atoms with Gasteiger partial charge in [0.25, 0.3) is 0 Å². The summed E-state index contributed by atoms with van der Waals surface area (Å²) in [5.74, 6) is 1.51. The van der Waals surface area contributed by atoms with E-state index in [2.05, 4.69) is 4.90 Å². The third kappa shape index (κ3) is 4.53. The number of halogens is 3. The fraction of sp³-hybridized carbons (Fsp3) is 0.478. The average Bonchev–Trinajstić information content (AvgIpc) is 3.07. The molecule has 0 aromatic heterocycles. The van der Waals surface area contributed by atoms with Gasteiger partial charge in [-0.1, -0.05) is 34.8 Å². The van der Waals surface area contributed by atoms with Crippen molar-refractivity contribution in [3.63, 3.8) is 0 Å². The molecule has 162 valence electrons. The quantitative estimate of drug-likeness (QED) is 0.629. The molecule has 2 aliphatic rings. The monoisotopic (exact) mass is 469 g/mol. The second-order valence-electron chi connectivity index (χ2n) is 8.42. The van der Waals surface area contributed by atoms with Gasteiger partial charge < -0.3 is 19.5 Å². The lowest BCUT2D eigenvalue weighted by Crippen LogP contribution is -2.49. The Balaban J connectivity index is 1.28. The van der Waals surface area contributed by atoms with Gasteiger partial charge in [0.1, 0.15) is 29.8 Å². The van der Waals surface area contributed by atoms with Gasteiger partial charge in [-0.2, -0.15) is 0 Å². The Morgan fingerprint density at radius 3 is 2.60 bits per heavy atom. The van der Waals surface area contributed by atoms with E-state index in [9.17, 15) is 5.11 Å². The number of ether oxygens (including phenoxy) is 2. The summed E-state index contributed by atoms with van der Waals surface area (Å²) >= 11 is 18.7. The smallest absolute Gasteiger partial charge is 0.138 e. The highest BCUT2D eigenvalue weighted by molar-refractivity contribution is 6.37. The number of aryl methyl sites for hydroxylation is 1. The third-order valence-corrected chi connectivity index (χ3v) is 7.38. The molecule has 2 aromatic rings. The van der Waals surface area contributed by atoms with Gasteiger partial charge in [-0.3, -0.25) is 0 Å². The molecule has 7 heteroatoms. The Morgan fingerprint density at radius 1 is 1.13 bits per heavy atom. The summed E-state index contributed by atoms with van der Waals surface area (Å²) < 4.78 is 12.1. The first kappa shape index (κ1) is 22.0. The molecule has 0 bridgehead atoms. The number of likely N-dealkylation sites (tertiary alicyclic amines) is 1. The first-order valence-electron chi connectivity index (χ1n) is 10.2. The van der Waals surface area contributed by atoms with Gasteiger partial charge in [-0.25, -0.2) is 0 Å². The number of rotatable bonds is 5. The molecule has 1 fully saturated rings. The van der Waals surface area contributed by atoms with Crippen LogP contribution in [-0.2, 0) is 6.42 Å². The van der Waals surface area contributed by atoms with Crippen molar-refractivity contribution in [2.75, 3.05) is 26.2 Å². The molecular formula is C23H26Cl3NO3. The van der Waals surface area contributed by atoms with Crippen LogP contribution < -0.4 is 9.47 Å². The summed E-state index contributed by atoms with van der Waals surface area (Å²) in [6.45, 7) is 6.26. The molecule has 1 spiro atoms. The van der Waals surface area contributed by atoms with Gasteiger partial charge in [0.05, 0.1) is 5.02 Å². The number of benzene rings is 2. The molecule has 1 saturated heterocycles.